The molecule has 2 rings (SSSR count). The second kappa shape index (κ2) is 5.00. The van der Waals surface area contributed by atoms with Crippen LogP contribution in [0.15, 0.2) is 36.4 Å². The molecule has 18 heavy (non-hydrogen) atoms. The van der Waals surface area contributed by atoms with Crippen LogP contribution in [0.1, 0.15) is 34.6 Å². The summed E-state index contributed by atoms with van der Waals surface area (Å²) in [6.45, 7) is 3.49. The molecule has 0 aliphatic rings. The molecular weight excluding hydrogens is 228 g/mol. The Hall–Kier alpha value is -2.16. The summed E-state index contributed by atoms with van der Waals surface area (Å²) in [5.41, 5.74) is 0.773. The van der Waals surface area contributed by atoms with Crippen molar-refractivity contribution in [2.75, 3.05) is 6.61 Å². The lowest BCUT2D eigenvalue weighted by Gasteiger charge is -2.10. The summed E-state index contributed by atoms with van der Waals surface area (Å²) in [6, 6.07) is 11.0. The van der Waals surface area contributed by atoms with E-state index in [1.54, 1.807) is 13.0 Å². The van der Waals surface area contributed by atoms with E-state index in [4.69, 9.17) is 4.74 Å². The van der Waals surface area contributed by atoms with Crippen molar-refractivity contribution in [3.63, 3.8) is 0 Å². The van der Waals surface area contributed by atoms with Gasteiger partial charge in [-0.15, -0.1) is 0 Å². The standard InChI is InChI=1S/C15H14O3/c1-3-18-15(17)14-12(10(2)16)9-8-11-6-4-5-7-13(11)14/h4-9H,3H2,1-2H3. The fraction of sp³-hybridized carbons (Fsp3) is 0.200. The quantitative estimate of drug-likeness (QED) is 0.613. The lowest BCUT2D eigenvalue weighted by atomic mass is 9.97. The summed E-state index contributed by atoms with van der Waals surface area (Å²) in [5.74, 6) is -0.580. The molecule has 0 saturated carbocycles. The van der Waals surface area contributed by atoms with Crippen LogP contribution in [-0.2, 0) is 4.74 Å². The summed E-state index contributed by atoms with van der Waals surface area (Å²) in [4.78, 5) is 23.6. The van der Waals surface area contributed by atoms with Crippen LogP contribution in [0, 0.1) is 0 Å². The Labute approximate surface area is 105 Å². The Morgan fingerprint density at radius 1 is 1.11 bits per heavy atom. The van der Waals surface area contributed by atoms with Gasteiger partial charge in [0.15, 0.2) is 5.78 Å². The molecule has 0 N–H and O–H groups in total. The molecule has 0 spiro atoms. The predicted molar refractivity (Wildman–Crippen MR) is 69.9 cm³/mol. The van der Waals surface area contributed by atoms with Gasteiger partial charge < -0.3 is 4.74 Å². The van der Waals surface area contributed by atoms with Crippen molar-refractivity contribution in [1.29, 1.82) is 0 Å². The largest absolute Gasteiger partial charge is 0.462 e. The van der Waals surface area contributed by atoms with E-state index in [9.17, 15) is 9.59 Å². The van der Waals surface area contributed by atoms with Crippen LogP contribution in [0.2, 0.25) is 0 Å². The molecule has 3 nitrogen and oxygen atoms in total. The number of hydrogen-bond acceptors (Lipinski definition) is 3. The minimum Gasteiger partial charge on any atom is -0.462 e. The maximum atomic E-state index is 12.0. The smallest absolute Gasteiger partial charge is 0.339 e. The highest BCUT2D eigenvalue weighted by molar-refractivity contribution is 6.13. The Morgan fingerprint density at radius 2 is 1.83 bits per heavy atom. The fourth-order valence-electron chi connectivity index (χ4n) is 1.99. The van der Waals surface area contributed by atoms with E-state index in [0.29, 0.717) is 17.7 Å². The molecule has 0 heterocycles. The summed E-state index contributed by atoms with van der Waals surface area (Å²) in [6.07, 6.45) is 0. The third-order valence-corrected chi connectivity index (χ3v) is 2.79. The van der Waals surface area contributed by atoms with Crippen LogP contribution >= 0.6 is 0 Å². The average Bonchev–Trinajstić information content (AvgIpc) is 2.37. The zero-order chi connectivity index (χ0) is 13.1. The van der Waals surface area contributed by atoms with Gasteiger partial charge in [-0.2, -0.15) is 0 Å². The maximum absolute atomic E-state index is 12.0. The molecule has 0 unspecified atom stereocenters. The fourth-order valence-corrected chi connectivity index (χ4v) is 1.99. The third kappa shape index (κ3) is 2.12. The molecule has 3 heteroatoms. The zero-order valence-electron chi connectivity index (χ0n) is 10.4. The van der Waals surface area contributed by atoms with Crippen molar-refractivity contribution in [3.8, 4) is 0 Å². The molecule has 2 aromatic rings. The predicted octanol–water partition coefficient (Wildman–Crippen LogP) is 3.22. The van der Waals surface area contributed by atoms with Gasteiger partial charge in [0, 0.05) is 5.56 Å². The molecule has 0 amide bonds. The van der Waals surface area contributed by atoms with Crippen molar-refractivity contribution >= 4 is 22.5 Å². The number of carbonyl (C=O) groups is 2. The van der Waals surface area contributed by atoms with Crippen molar-refractivity contribution in [2.45, 2.75) is 13.8 Å². The molecule has 0 aliphatic heterocycles. The number of hydrogen-bond donors (Lipinski definition) is 0. The van der Waals surface area contributed by atoms with Gasteiger partial charge in [0.2, 0.25) is 0 Å². The van der Waals surface area contributed by atoms with Gasteiger partial charge in [-0.05, 0) is 30.7 Å². The molecule has 0 atom stereocenters. The van der Waals surface area contributed by atoms with Crippen LogP contribution in [-0.4, -0.2) is 18.4 Å². The van der Waals surface area contributed by atoms with Gasteiger partial charge in [0.1, 0.15) is 0 Å². The lowest BCUT2D eigenvalue weighted by Crippen LogP contribution is -2.11. The molecule has 0 aliphatic carbocycles. The lowest BCUT2D eigenvalue weighted by molar-refractivity contribution is 0.0525. The van der Waals surface area contributed by atoms with Gasteiger partial charge in [0.25, 0.3) is 0 Å². The number of esters is 1. The highest BCUT2D eigenvalue weighted by atomic mass is 16.5. The number of Topliss-reactive ketones (excluding diaryl/α,β-unsaturated/α-hetero) is 1. The molecule has 2 aromatic carbocycles. The second-order valence-electron chi connectivity index (χ2n) is 3.99. The summed E-state index contributed by atoms with van der Waals surface area (Å²) >= 11 is 0. The number of ether oxygens (including phenoxy) is 1. The van der Waals surface area contributed by atoms with Crippen LogP contribution in [0.5, 0.6) is 0 Å². The van der Waals surface area contributed by atoms with E-state index >= 15 is 0 Å². The normalized spacial score (nSPS) is 10.3. The Balaban J connectivity index is 2.74. The van der Waals surface area contributed by atoms with E-state index in [-0.39, 0.29) is 5.78 Å². The highest BCUT2D eigenvalue weighted by Gasteiger charge is 2.18. The van der Waals surface area contributed by atoms with E-state index < -0.39 is 5.97 Å². The van der Waals surface area contributed by atoms with Crippen LogP contribution < -0.4 is 0 Å². The molecule has 0 aromatic heterocycles. The first-order chi connectivity index (χ1) is 8.65. The SMILES string of the molecule is CCOC(=O)c1c(C(C)=O)ccc2ccccc12. The van der Waals surface area contributed by atoms with Gasteiger partial charge >= 0.3 is 5.97 Å². The van der Waals surface area contributed by atoms with E-state index in [1.807, 2.05) is 30.3 Å². The molecule has 0 radical (unpaired) electrons. The van der Waals surface area contributed by atoms with Crippen LogP contribution in [0.3, 0.4) is 0 Å². The monoisotopic (exact) mass is 242 g/mol. The number of fused-ring (bicyclic) bond motifs is 1. The van der Waals surface area contributed by atoms with Gasteiger partial charge in [-0.3, -0.25) is 4.79 Å². The van der Waals surface area contributed by atoms with E-state index in [1.165, 1.54) is 6.92 Å². The number of ketones is 1. The number of benzene rings is 2. The maximum Gasteiger partial charge on any atom is 0.339 e. The van der Waals surface area contributed by atoms with Crippen molar-refractivity contribution in [1.82, 2.24) is 0 Å². The first-order valence-corrected chi connectivity index (χ1v) is 5.85. The van der Waals surface area contributed by atoms with Crippen molar-refractivity contribution < 1.29 is 14.3 Å². The van der Waals surface area contributed by atoms with E-state index in [2.05, 4.69) is 0 Å². The summed E-state index contributed by atoms with van der Waals surface area (Å²) in [7, 11) is 0. The molecular formula is C15H14O3. The topological polar surface area (TPSA) is 43.4 Å². The van der Waals surface area contributed by atoms with Gasteiger partial charge in [-0.1, -0.05) is 30.3 Å². The molecule has 0 fully saturated rings. The third-order valence-electron chi connectivity index (χ3n) is 2.79. The Morgan fingerprint density at radius 3 is 2.50 bits per heavy atom. The molecule has 92 valence electrons. The Bertz CT molecular complexity index is 614. The van der Waals surface area contributed by atoms with Crippen molar-refractivity contribution in [3.05, 3.63) is 47.5 Å². The number of carbonyl (C=O) groups excluding carboxylic acids is 2. The first-order valence-electron chi connectivity index (χ1n) is 5.85. The molecule has 0 bridgehead atoms. The van der Waals surface area contributed by atoms with E-state index in [0.717, 1.165) is 10.8 Å². The average molecular weight is 242 g/mol. The Kier molecular flexibility index (Phi) is 3.42. The minimum atomic E-state index is -0.445. The zero-order valence-corrected chi connectivity index (χ0v) is 10.4. The number of rotatable bonds is 3. The summed E-state index contributed by atoms with van der Waals surface area (Å²) < 4.78 is 5.04. The van der Waals surface area contributed by atoms with Crippen molar-refractivity contribution in [2.24, 2.45) is 0 Å². The van der Waals surface area contributed by atoms with Gasteiger partial charge in [0.05, 0.1) is 12.2 Å². The van der Waals surface area contributed by atoms with Gasteiger partial charge in [-0.25, -0.2) is 4.79 Å². The minimum absolute atomic E-state index is 0.135. The summed E-state index contributed by atoms with van der Waals surface area (Å²) in [5, 5.41) is 1.68. The first kappa shape index (κ1) is 12.3. The van der Waals surface area contributed by atoms with Crippen LogP contribution in [0.25, 0.3) is 10.8 Å². The highest BCUT2D eigenvalue weighted by Crippen LogP contribution is 2.23. The van der Waals surface area contributed by atoms with Crippen LogP contribution in [0.4, 0.5) is 0 Å². The second-order valence-corrected chi connectivity index (χ2v) is 3.99. The molecule has 0 saturated heterocycles.